The summed E-state index contributed by atoms with van der Waals surface area (Å²) in [5, 5.41) is 12.5. The topological polar surface area (TPSA) is 84.7 Å². The molecule has 2 aromatic carbocycles. The third-order valence-electron chi connectivity index (χ3n) is 4.68. The Labute approximate surface area is 209 Å². The molecule has 4 rings (SSSR count). The Bertz CT molecular complexity index is 1260. The van der Waals surface area contributed by atoms with Gasteiger partial charge in [0.05, 0.1) is 5.56 Å². The lowest BCUT2D eigenvalue weighted by Crippen LogP contribution is -2.18. The van der Waals surface area contributed by atoms with Gasteiger partial charge in [0.15, 0.2) is 0 Å². The van der Waals surface area contributed by atoms with Crippen molar-refractivity contribution < 1.29 is 4.79 Å². The molecule has 0 aliphatic heterocycles. The minimum atomic E-state index is -0.410. The van der Waals surface area contributed by atoms with Crippen LogP contribution in [0.15, 0.2) is 60.9 Å². The van der Waals surface area contributed by atoms with Crippen LogP contribution in [-0.4, -0.2) is 25.7 Å². The standard InChI is InChI=1S/C22H16Cl4N6O/c23-16-5-1-6-17(24)14(16)11-28-21-30-22(29-12-15-18(25)7-2-8-19(15)26)32(31-21)20(33)13-4-3-9-27-10-13/h1-10H,11-12H2,(H2,28,29,30,31). The van der Waals surface area contributed by atoms with Crippen molar-refractivity contribution in [1.82, 2.24) is 19.7 Å². The van der Waals surface area contributed by atoms with Crippen LogP contribution in [0.3, 0.4) is 0 Å². The molecule has 0 spiro atoms. The number of anilines is 2. The van der Waals surface area contributed by atoms with Crippen LogP contribution in [-0.2, 0) is 13.1 Å². The minimum absolute atomic E-state index is 0.201. The summed E-state index contributed by atoms with van der Waals surface area (Å²) < 4.78 is 1.15. The van der Waals surface area contributed by atoms with Crippen LogP contribution in [0.2, 0.25) is 20.1 Å². The van der Waals surface area contributed by atoms with Crippen LogP contribution in [0.4, 0.5) is 11.9 Å². The molecule has 0 aliphatic carbocycles. The SMILES string of the molecule is O=C(c1cccnc1)n1nc(NCc2c(Cl)cccc2Cl)nc1NCc1c(Cl)cccc1Cl. The number of benzene rings is 2. The van der Waals surface area contributed by atoms with Crippen LogP contribution in [0, 0.1) is 0 Å². The Hall–Kier alpha value is -2.84. The molecular weight excluding hydrogens is 506 g/mol. The maximum absolute atomic E-state index is 13.1. The van der Waals surface area contributed by atoms with Crippen LogP contribution in [0.5, 0.6) is 0 Å². The average Bonchev–Trinajstić information content (AvgIpc) is 3.21. The summed E-state index contributed by atoms with van der Waals surface area (Å²) in [5.74, 6) is -0.00393. The van der Waals surface area contributed by atoms with Gasteiger partial charge in [-0.3, -0.25) is 9.78 Å². The number of carbonyl (C=O) groups excluding carboxylic acids is 1. The second-order valence-corrected chi connectivity index (χ2v) is 8.45. The molecule has 4 aromatic rings. The molecule has 2 N–H and O–H groups in total. The first kappa shape index (κ1) is 23.3. The normalized spacial score (nSPS) is 10.8. The minimum Gasteiger partial charge on any atom is -0.350 e. The summed E-state index contributed by atoms with van der Waals surface area (Å²) in [6, 6.07) is 13.8. The summed E-state index contributed by atoms with van der Waals surface area (Å²) in [7, 11) is 0. The van der Waals surface area contributed by atoms with Gasteiger partial charge in [0, 0.05) is 56.7 Å². The van der Waals surface area contributed by atoms with E-state index in [0.29, 0.717) is 36.8 Å². The van der Waals surface area contributed by atoms with Gasteiger partial charge in [-0.2, -0.15) is 9.67 Å². The number of hydrogen-bond acceptors (Lipinski definition) is 6. The lowest BCUT2D eigenvalue weighted by atomic mass is 10.2. The summed E-state index contributed by atoms with van der Waals surface area (Å²) in [6.45, 7) is 0.493. The molecule has 2 aromatic heterocycles. The van der Waals surface area contributed by atoms with Crippen LogP contribution >= 0.6 is 46.4 Å². The smallest absolute Gasteiger partial charge is 0.283 e. The van der Waals surface area contributed by atoms with Crippen LogP contribution < -0.4 is 10.6 Å². The number of hydrogen-bond donors (Lipinski definition) is 2. The predicted octanol–water partition coefficient (Wildman–Crippen LogP) is 6.20. The third-order valence-corrected chi connectivity index (χ3v) is 6.09. The highest BCUT2D eigenvalue weighted by Gasteiger charge is 2.19. The molecular formula is C22H16Cl4N6O. The highest BCUT2D eigenvalue weighted by molar-refractivity contribution is 6.36. The van der Waals surface area contributed by atoms with Gasteiger partial charge in [0.25, 0.3) is 5.91 Å². The number of carbonyl (C=O) groups is 1. The molecule has 0 fully saturated rings. The van der Waals surface area contributed by atoms with E-state index in [-0.39, 0.29) is 25.0 Å². The lowest BCUT2D eigenvalue weighted by molar-refractivity contribution is 0.0947. The number of pyridine rings is 1. The molecule has 2 heterocycles. The zero-order valence-electron chi connectivity index (χ0n) is 16.9. The largest absolute Gasteiger partial charge is 0.350 e. The van der Waals surface area contributed by atoms with Gasteiger partial charge in [0.2, 0.25) is 11.9 Å². The van der Waals surface area contributed by atoms with Crippen LogP contribution in [0.25, 0.3) is 0 Å². The van der Waals surface area contributed by atoms with Gasteiger partial charge in [0.1, 0.15) is 0 Å². The average molecular weight is 522 g/mol. The predicted molar refractivity (Wildman–Crippen MR) is 132 cm³/mol. The van der Waals surface area contributed by atoms with Gasteiger partial charge in [-0.25, -0.2) is 0 Å². The van der Waals surface area contributed by atoms with Crippen molar-refractivity contribution in [2.75, 3.05) is 10.6 Å². The highest BCUT2D eigenvalue weighted by atomic mass is 35.5. The molecule has 168 valence electrons. The highest BCUT2D eigenvalue weighted by Crippen LogP contribution is 2.27. The first-order valence-electron chi connectivity index (χ1n) is 9.69. The number of halogens is 4. The first-order valence-corrected chi connectivity index (χ1v) is 11.2. The lowest BCUT2D eigenvalue weighted by Gasteiger charge is -2.09. The summed E-state index contributed by atoms with van der Waals surface area (Å²) >= 11 is 25.0. The monoisotopic (exact) mass is 520 g/mol. The number of nitrogens with one attached hydrogen (secondary N) is 2. The van der Waals surface area contributed by atoms with Gasteiger partial charge >= 0.3 is 0 Å². The Morgan fingerprint density at radius 1 is 0.818 bits per heavy atom. The Kier molecular flexibility index (Phi) is 7.35. The zero-order valence-corrected chi connectivity index (χ0v) is 19.9. The van der Waals surface area contributed by atoms with Gasteiger partial charge in [-0.1, -0.05) is 58.5 Å². The number of nitrogens with zero attached hydrogens (tertiary/aromatic N) is 4. The Morgan fingerprint density at radius 3 is 1.94 bits per heavy atom. The van der Waals surface area contributed by atoms with Crippen molar-refractivity contribution in [3.05, 3.63) is 97.7 Å². The Balaban J connectivity index is 1.62. The van der Waals surface area contributed by atoms with E-state index in [4.69, 9.17) is 46.4 Å². The van der Waals surface area contributed by atoms with Crippen LogP contribution in [0.1, 0.15) is 21.5 Å². The molecule has 33 heavy (non-hydrogen) atoms. The molecule has 0 saturated heterocycles. The third kappa shape index (κ3) is 5.39. The maximum atomic E-state index is 13.1. The molecule has 0 amide bonds. The van der Waals surface area contributed by atoms with Crippen molar-refractivity contribution in [2.24, 2.45) is 0 Å². The Morgan fingerprint density at radius 2 is 1.39 bits per heavy atom. The summed E-state index contributed by atoms with van der Waals surface area (Å²) in [5.41, 5.74) is 1.71. The van der Waals surface area contributed by atoms with E-state index in [0.717, 1.165) is 4.68 Å². The summed E-state index contributed by atoms with van der Waals surface area (Å²) in [4.78, 5) is 21.5. The molecule has 0 bridgehead atoms. The first-order chi connectivity index (χ1) is 15.9. The van der Waals surface area contributed by atoms with Crippen molar-refractivity contribution in [3.8, 4) is 0 Å². The van der Waals surface area contributed by atoms with E-state index < -0.39 is 5.91 Å². The molecule has 0 radical (unpaired) electrons. The molecule has 0 unspecified atom stereocenters. The molecule has 0 atom stereocenters. The number of rotatable bonds is 7. The van der Waals surface area contributed by atoms with E-state index in [1.807, 2.05) is 0 Å². The molecule has 11 heteroatoms. The van der Waals surface area contributed by atoms with E-state index >= 15 is 0 Å². The second kappa shape index (κ2) is 10.4. The summed E-state index contributed by atoms with van der Waals surface area (Å²) in [6.07, 6.45) is 3.03. The van der Waals surface area contributed by atoms with E-state index in [9.17, 15) is 4.79 Å². The van der Waals surface area contributed by atoms with Gasteiger partial charge < -0.3 is 10.6 Å². The van der Waals surface area contributed by atoms with Crippen molar-refractivity contribution >= 4 is 64.2 Å². The fourth-order valence-corrected chi connectivity index (χ4v) is 4.05. The van der Waals surface area contributed by atoms with Crippen molar-refractivity contribution in [1.29, 1.82) is 0 Å². The van der Waals surface area contributed by atoms with E-state index in [2.05, 4.69) is 25.7 Å². The van der Waals surface area contributed by atoms with Gasteiger partial charge in [-0.05, 0) is 36.4 Å². The second-order valence-electron chi connectivity index (χ2n) is 6.83. The van der Waals surface area contributed by atoms with Crippen molar-refractivity contribution in [3.63, 3.8) is 0 Å². The zero-order chi connectivity index (χ0) is 23.4. The van der Waals surface area contributed by atoms with Gasteiger partial charge in [-0.15, -0.1) is 5.10 Å². The van der Waals surface area contributed by atoms with Crippen molar-refractivity contribution in [2.45, 2.75) is 13.1 Å². The number of aromatic nitrogens is 4. The molecule has 0 aliphatic rings. The fourth-order valence-electron chi connectivity index (χ4n) is 2.99. The molecule has 0 saturated carbocycles. The fraction of sp³-hybridized carbons (Fsp3) is 0.0909. The molecule has 7 nitrogen and oxygen atoms in total. The maximum Gasteiger partial charge on any atom is 0.283 e. The quantitative estimate of drug-likeness (QED) is 0.301. The van der Waals surface area contributed by atoms with E-state index in [1.54, 1.807) is 54.7 Å². The van der Waals surface area contributed by atoms with E-state index in [1.165, 1.54) is 6.20 Å².